The molecule has 0 bridgehead atoms. The highest BCUT2D eigenvalue weighted by Gasteiger charge is 2.71. The molecule has 3 aliphatic rings. The van der Waals surface area contributed by atoms with Gasteiger partial charge in [0.2, 0.25) is 0 Å². The third kappa shape index (κ3) is 2.93. The number of thiophene rings is 1. The first kappa shape index (κ1) is 23.3. The van der Waals surface area contributed by atoms with Gasteiger partial charge >= 0.3 is 0 Å². The smallest absolute Gasteiger partial charge is 0.195 e. The number of benzene rings is 3. The lowest BCUT2D eigenvalue weighted by Crippen LogP contribution is -2.48. The van der Waals surface area contributed by atoms with Crippen molar-refractivity contribution in [3.8, 4) is 0 Å². The highest BCUT2D eigenvalue weighted by molar-refractivity contribution is 7.12. The molecule has 38 heavy (non-hydrogen) atoms. The van der Waals surface area contributed by atoms with E-state index in [2.05, 4.69) is 0 Å². The summed E-state index contributed by atoms with van der Waals surface area (Å²) in [5.74, 6) is -2.66. The van der Waals surface area contributed by atoms with Gasteiger partial charge in [-0.05, 0) is 46.8 Å². The quantitative estimate of drug-likeness (QED) is 0.211. The highest BCUT2D eigenvalue weighted by atomic mass is 35.5. The number of Topliss-reactive ketones (excluding diaryl/α,β-unsaturated/α-hetero) is 3. The van der Waals surface area contributed by atoms with Gasteiger partial charge in [0, 0.05) is 27.8 Å². The minimum Gasteiger partial charge on any atom is -0.352 e. The second-order valence-electron chi connectivity index (χ2n) is 9.77. The number of anilines is 1. The van der Waals surface area contributed by atoms with E-state index in [9.17, 15) is 14.4 Å². The molecule has 1 spiro atoms. The molecule has 1 aromatic heterocycles. The fourth-order valence-corrected chi connectivity index (χ4v) is 7.46. The Bertz CT molecular complexity index is 1660. The fourth-order valence-electron chi connectivity index (χ4n) is 6.58. The second kappa shape index (κ2) is 8.32. The number of rotatable bonds is 3. The molecule has 0 amide bonds. The normalized spacial score (nSPS) is 22.5. The molecule has 3 aromatic carbocycles. The van der Waals surface area contributed by atoms with E-state index in [1.165, 1.54) is 17.4 Å². The van der Waals surface area contributed by atoms with Gasteiger partial charge in [0.1, 0.15) is 17.3 Å². The van der Waals surface area contributed by atoms with Crippen LogP contribution in [0.1, 0.15) is 47.4 Å². The maximum Gasteiger partial charge on any atom is 0.195 e. The number of carbonyl (C=O) groups excluding carboxylic acids is 3. The lowest BCUT2D eigenvalue weighted by atomic mass is 9.64. The summed E-state index contributed by atoms with van der Waals surface area (Å²) in [7, 11) is 0. The summed E-state index contributed by atoms with van der Waals surface area (Å²) < 4.78 is 15.7. The molecule has 0 N–H and O–H groups in total. The van der Waals surface area contributed by atoms with E-state index >= 15 is 4.39 Å². The number of fused-ring (bicyclic) bond motifs is 5. The lowest BCUT2D eigenvalue weighted by Gasteiger charge is -2.37. The molecule has 2 aliphatic heterocycles. The number of hydrogen-bond donors (Lipinski definition) is 0. The van der Waals surface area contributed by atoms with Crippen LogP contribution in [-0.2, 0) is 0 Å². The van der Waals surface area contributed by atoms with Crippen molar-refractivity contribution >= 4 is 52.1 Å². The van der Waals surface area contributed by atoms with Crippen molar-refractivity contribution < 1.29 is 18.8 Å². The van der Waals surface area contributed by atoms with Gasteiger partial charge < -0.3 is 4.90 Å². The van der Waals surface area contributed by atoms with Crippen molar-refractivity contribution in [2.24, 2.45) is 5.41 Å². The van der Waals surface area contributed by atoms with Gasteiger partial charge in [0.15, 0.2) is 17.3 Å². The van der Waals surface area contributed by atoms with Gasteiger partial charge in [-0.2, -0.15) is 0 Å². The summed E-state index contributed by atoms with van der Waals surface area (Å²) in [4.78, 5) is 45.6. The summed E-state index contributed by atoms with van der Waals surface area (Å²) in [5.41, 5.74) is 0.494. The Balaban J connectivity index is 1.57. The van der Waals surface area contributed by atoms with Crippen LogP contribution >= 0.6 is 22.9 Å². The van der Waals surface area contributed by atoms with Crippen molar-refractivity contribution in [3.05, 3.63) is 128 Å². The summed E-state index contributed by atoms with van der Waals surface area (Å²) in [5, 5.41) is 2.33. The Hall–Kier alpha value is -3.87. The molecule has 186 valence electrons. The summed E-state index contributed by atoms with van der Waals surface area (Å²) in [6.07, 6.45) is 3.64. The molecule has 0 radical (unpaired) electrons. The highest BCUT2D eigenvalue weighted by Crippen LogP contribution is 2.61. The largest absolute Gasteiger partial charge is 0.352 e. The molecule has 3 atom stereocenters. The van der Waals surface area contributed by atoms with E-state index in [1.807, 2.05) is 11.0 Å². The number of nitrogens with zero attached hydrogens (tertiary/aromatic N) is 1. The van der Waals surface area contributed by atoms with Crippen LogP contribution in [0.4, 0.5) is 10.1 Å². The Morgan fingerprint density at radius 2 is 1.63 bits per heavy atom. The summed E-state index contributed by atoms with van der Waals surface area (Å²) in [6.45, 7) is 0. The van der Waals surface area contributed by atoms with Crippen LogP contribution in [0, 0.1) is 11.2 Å². The van der Waals surface area contributed by atoms with Crippen molar-refractivity contribution in [1.82, 2.24) is 0 Å². The average molecular weight is 540 g/mol. The minimum atomic E-state index is -1.72. The number of halogens is 2. The van der Waals surface area contributed by atoms with Gasteiger partial charge in [0.25, 0.3) is 0 Å². The topological polar surface area (TPSA) is 54.5 Å². The van der Waals surface area contributed by atoms with Crippen molar-refractivity contribution in [2.75, 3.05) is 4.90 Å². The first-order valence-corrected chi connectivity index (χ1v) is 13.5. The van der Waals surface area contributed by atoms with Gasteiger partial charge in [0.05, 0.1) is 10.9 Å². The maximum absolute atomic E-state index is 15.7. The zero-order valence-corrected chi connectivity index (χ0v) is 21.4. The average Bonchev–Trinajstić information content (AvgIpc) is 3.62. The van der Waals surface area contributed by atoms with Crippen molar-refractivity contribution in [2.45, 2.75) is 18.0 Å². The minimum absolute atomic E-state index is 0.176. The molecule has 4 nitrogen and oxygen atoms in total. The summed E-state index contributed by atoms with van der Waals surface area (Å²) in [6, 6.07) is 19.9. The van der Waals surface area contributed by atoms with E-state index < -0.39 is 29.2 Å². The third-order valence-corrected chi connectivity index (χ3v) is 9.16. The molecular weight excluding hydrogens is 521 g/mol. The van der Waals surface area contributed by atoms with Gasteiger partial charge in [-0.15, -0.1) is 11.3 Å². The molecule has 1 fully saturated rings. The van der Waals surface area contributed by atoms with Crippen LogP contribution < -0.4 is 4.90 Å². The van der Waals surface area contributed by atoms with Crippen LogP contribution in [0.5, 0.6) is 0 Å². The standard InChI is InChI=1S/C31H19ClFNO3S/c32-18-12-13-23-17(16-18)11-14-25-31(29(36)19-6-1-2-7-20(19)30(31)37)26(21-8-3-4-9-22(21)33)27(34(23)25)28(35)24-10-5-15-38-24/h1-16,25-27H/t25-,26-,27+/m0/s1. The van der Waals surface area contributed by atoms with Gasteiger partial charge in [-0.1, -0.05) is 72.3 Å². The van der Waals surface area contributed by atoms with Crippen molar-refractivity contribution in [1.29, 1.82) is 0 Å². The Morgan fingerprint density at radius 3 is 2.32 bits per heavy atom. The predicted octanol–water partition coefficient (Wildman–Crippen LogP) is 6.86. The van der Waals surface area contributed by atoms with Crippen LogP contribution in [0.15, 0.2) is 90.3 Å². The molecule has 0 unspecified atom stereocenters. The molecule has 1 aliphatic carbocycles. The van der Waals surface area contributed by atoms with E-state index in [0.717, 1.165) is 5.56 Å². The Morgan fingerprint density at radius 1 is 0.921 bits per heavy atom. The zero-order chi connectivity index (χ0) is 26.2. The van der Waals surface area contributed by atoms with Crippen LogP contribution in [-0.4, -0.2) is 29.4 Å². The monoisotopic (exact) mass is 539 g/mol. The van der Waals surface area contributed by atoms with E-state index in [1.54, 1.807) is 84.3 Å². The second-order valence-corrected chi connectivity index (χ2v) is 11.2. The van der Waals surface area contributed by atoms with E-state index in [-0.39, 0.29) is 22.9 Å². The number of hydrogen-bond acceptors (Lipinski definition) is 5. The fraction of sp³-hybridized carbons (Fsp3) is 0.129. The van der Waals surface area contributed by atoms with Crippen LogP contribution in [0.2, 0.25) is 5.02 Å². The molecule has 1 saturated heterocycles. The van der Waals surface area contributed by atoms with Crippen molar-refractivity contribution in [3.63, 3.8) is 0 Å². The molecule has 0 saturated carbocycles. The van der Waals surface area contributed by atoms with Crippen LogP contribution in [0.25, 0.3) is 6.08 Å². The molecular formula is C31H19ClFNO3S. The van der Waals surface area contributed by atoms with E-state index in [0.29, 0.717) is 26.7 Å². The zero-order valence-electron chi connectivity index (χ0n) is 19.8. The molecule has 4 aromatic rings. The van der Waals surface area contributed by atoms with Gasteiger partial charge in [-0.25, -0.2) is 4.39 Å². The SMILES string of the molecule is O=C(c1cccs1)[C@H]1[C@H](c2ccccc2F)C2(C(=O)c3ccccc3C2=O)[C@@H]2C=Cc3cc(Cl)ccc3N21. The Labute approximate surface area is 227 Å². The van der Waals surface area contributed by atoms with Gasteiger partial charge in [-0.3, -0.25) is 14.4 Å². The molecule has 3 heterocycles. The maximum atomic E-state index is 15.7. The van der Waals surface area contributed by atoms with Crippen LogP contribution in [0.3, 0.4) is 0 Å². The first-order valence-electron chi connectivity index (χ1n) is 12.2. The first-order chi connectivity index (χ1) is 18.4. The number of carbonyl (C=O) groups is 3. The predicted molar refractivity (Wildman–Crippen MR) is 146 cm³/mol. The summed E-state index contributed by atoms with van der Waals surface area (Å²) >= 11 is 7.58. The van der Waals surface area contributed by atoms with E-state index in [4.69, 9.17) is 11.6 Å². The third-order valence-electron chi connectivity index (χ3n) is 8.04. The molecule has 7 heteroatoms. The molecule has 7 rings (SSSR count). The number of ketones is 3. The lowest BCUT2D eigenvalue weighted by molar-refractivity contribution is 0.0664. The Kier molecular flexibility index (Phi) is 5.09.